The Morgan fingerprint density at radius 1 is 1.25 bits per heavy atom. The number of benzene rings is 1. The number of ether oxygens (including phenoxy) is 1. The van der Waals surface area contributed by atoms with Gasteiger partial charge in [-0.3, -0.25) is 9.69 Å². The van der Waals surface area contributed by atoms with Crippen molar-refractivity contribution < 1.29 is 14.3 Å². The van der Waals surface area contributed by atoms with Crippen LogP contribution < -0.4 is 0 Å². The zero-order chi connectivity index (χ0) is 15.2. The van der Waals surface area contributed by atoms with Gasteiger partial charge in [0.1, 0.15) is 12.9 Å². The van der Waals surface area contributed by atoms with Gasteiger partial charge in [-0.05, 0) is 25.6 Å². The summed E-state index contributed by atoms with van der Waals surface area (Å²) >= 11 is 0. The monoisotopic (exact) mass is 279 g/mol. The van der Waals surface area contributed by atoms with Crippen LogP contribution in [0.2, 0.25) is 0 Å². The van der Waals surface area contributed by atoms with E-state index >= 15 is 0 Å². The lowest BCUT2D eigenvalue weighted by atomic mass is 10.2. The predicted octanol–water partition coefficient (Wildman–Crippen LogP) is 2.67. The van der Waals surface area contributed by atoms with Gasteiger partial charge in [0, 0.05) is 6.42 Å². The zero-order valence-electron chi connectivity index (χ0n) is 12.7. The summed E-state index contributed by atoms with van der Waals surface area (Å²) in [4.78, 5) is 22.6. The number of nitrogens with zero attached hydrogens (tertiary/aromatic N) is 1. The summed E-state index contributed by atoms with van der Waals surface area (Å²) in [5.74, 6) is -0.167. The number of likely N-dealkylation sites (N-methyl/N-ethyl adjacent to an activating group) is 1. The third-order valence-electron chi connectivity index (χ3n) is 2.41. The number of carbonyl (C=O) groups is 2. The molecule has 1 rings (SSSR count). The summed E-state index contributed by atoms with van der Waals surface area (Å²) in [5, 5.41) is 0. The third kappa shape index (κ3) is 10.3. The van der Waals surface area contributed by atoms with Crippen molar-refractivity contribution in [2.45, 2.75) is 33.3 Å². The number of hydrogen-bond donors (Lipinski definition) is 0. The Kier molecular flexibility index (Phi) is 11.3. The lowest BCUT2D eigenvalue weighted by Crippen LogP contribution is -2.27. The first-order valence-electron chi connectivity index (χ1n) is 6.95. The van der Waals surface area contributed by atoms with E-state index in [2.05, 4.69) is 6.92 Å². The first kappa shape index (κ1) is 18.3. The molecule has 0 saturated carbocycles. The highest BCUT2D eigenvalue weighted by Crippen LogP contribution is 2.01. The Bertz CT molecular complexity index is 365. The molecular weight excluding hydrogens is 254 g/mol. The van der Waals surface area contributed by atoms with Crippen molar-refractivity contribution in [1.82, 2.24) is 4.90 Å². The van der Waals surface area contributed by atoms with E-state index in [0.29, 0.717) is 19.6 Å². The van der Waals surface area contributed by atoms with Gasteiger partial charge in [-0.2, -0.15) is 0 Å². The van der Waals surface area contributed by atoms with Crippen molar-refractivity contribution in [1.29, 1.82) is 0 Å². The van der Waals surface area contributed by atoms with Crippen LogP contribution in [0.15, 0.2) is 30.3 Å². The molecule has 0 aliphatic rings. The van der Waals surface area contributed by atoms with Crippen molar-refractivity contribution in [3.63, 3.8) is 0 Å². The van der Waals surface area contributed by atoms with Gasteiger partial charge >= 0.3 is 5.97 Å². The molecule has 112 valence electrons. The molecule has 1 aromatic carbocycles. The second kappa shape index (κ2) is 12.4. The lowest BCUT2D eigenvalue weighted by Gasteiger charge is -2.14. The van der Waals surface area contributed by atoms with Gasteiger partial charge in [0.05, 0.1) is 6.54 Å². The molecule has 0 aliphatic carbocycles. The summed E-state index contributed by atoms with van der Waals surface area (Å²) in [5.41, 5.74) is 1.02. The highest BCUT2D eigenvalue weighted by molar-refractivity contribution is 5.71. The van der Waals surface area contributed by atoms with Crippen molar-refractivity contribution in [2.75, 3.05) is 20.1 Å². The van der Waals surface area contributed by atoms with Gasteiger partial charge in [-0.25, -0.2) is 0 Å². The molecule has 4 heteroatoms. The minimum absolute atomic E-state index is 0.167. The average molecular weight is 279 g/mol. The Morgan fingerprint density at radius 3 is 2.35 bits per heavy atom. The number of aldehydes is 1. The summed E-state index contributed by atoms with van der Waals surface area (Å²) < 4.78 is 5.16. The topological polar surface area (TPSA) is 46.6 Å². The Hall–Kier alpha value is -1.68. The molecule has 0 radical (unpaired) electrons. The molecule has 1 aromatic rings. The van der Waals surface area contributed by atoms with Gasteiger partial charge in [0.2, 0.25) is 0 Å². The SMILES string of the molecule is CCC=O.CCCN(C)CC(=O)OCc1ccccc1. The van der Waals surface area contributed by atoms with Gasteiger partial charge in [0.15, 0.2) is 0 Å². The van der Waals surface area contributed by atoms with E-state index in [1.165, 1.54) is 0 Å². The fourth-order valence-electron chi connectivity index (χ4n) is 1.46. The molecule has 0 N–H and O–H groups in total. The maximum absolute atomic E-state index is 11.4. The lowest BCUT2D eigenvalue weighted by molar-refractivity contribution is -0.145. The quantitative estimate of drug-likeness (QED) is 0.568. The number of rotatable bonds is 7. The minimum atomic E-state index is -0.167. The summed E-state index contributed by atoms with van der Waals surface area (Å²) in [6.45, 7) is 5.54. The molecule has 4 nitrogen and oxygen atoms in total. The van der Waals surface area contributed by atoms with Crippen molar-refractivity contribution >= 4 is 12.3 Å². The summed E-state index contributed by atoms with van der Waals surface area (Å²) in [6, 6.07) is 9.71. The molecular formula is C16H25NO3. The highest BCUT2D eigenvalue weighted by Gasteiger charge is 2.06. The summed E-state index contributed by atoms with van der Waals surface area (Å²) in [7, 11) is 1.92. The fourth-order valence-corrected chi connectivity index (χ4v) is 1.46. The largest absolute Gasteiger partial charge is 0.460 e. The predicted molar refractivity (Wildman–Crippen MR) is 80.4 cm³/mol. The fraction of sp³-hybridized carbons (Fsp3) is 0.500. The second-order valence-corrected chi connectivity index (χ2v) is 4.46. The van der Waals surface area contributed by atoms with Crippen LogP contribution in [-0.2, 0) is 20.9 Å². The Labute approximate surface area is 121 Å². The van der Waals surface area contributed by atoms with Crippen LogP contribution in [0.4, 0.5) is 0 Å². The van der Waals surface area contributed by atoms with E-state index in [9.17, 15) is 9.59 Å². The Balaban J connectivity index is 0.000000796. The van der Waals surface area contributed by atoms with E-state index in [1.807, 2.05) is 49.2 Å². The molecule has 0 spiro atoms. The van der Waals surface area contributed by atoms with E-state index < -0.39 is 0 Å². The third-order valence-corrected chi connectivity index (χ3v) is 2.41. The maximum atomic E-state index is 11.4. The molecule has 0 amide bonds. The summed E-state index contributed by atoms with van der Waals surface area (Å²) in [6.07, 6.45) is 2.56. The molecule has 0 unspecified atom stereocenters. The molecule has 0 saturated heterocycles. The van der Waals surface area contributed by atoms with Crippen LogP contribution in [0.3, 0.4) is 0 Å². The van der Waals surface area contributed by atoms with Crippen molar-refractivity contribution in [2.24, 2.45) is 0 Å². The number of hydrogen-bond acceptors (Lipinski definition) is 4. The smallest absolute Gasteiger partial charge is 0.320 e. The molecule has 20 heavy (non-hydrogen) atoms. The average Bonchev–Trinajstić information content (AvgIpc) is 2.46. The van der Waals surface area contributed by atoms with E-state index in [0.717, 1.165) is 24.8 Å². The first-order valence-corrected chi connectivity index (χ1v) is 6.95. The highest BCUT2D eigenvalue weighted by atomic mass is 16.5. The van der Waals surface area contributed by atoms with Crippen LogP contribution in [0, 0.1) is 0 Å². The van der Waals surface area contributed by atoms with Gasteiger partial charge in [-0.1, -0.05) is 44.2 Å². The van der Waals surface area contributed by atoms with E-state index in [1.54, 1.807) is 0 Å². The maximum Gasteiger partial charge on any atom is 0.320 e. The molecule has 0 heterocycles. The molecule has 0 aromatic heterocycles. The molecule has 0 fully saturated rings. The first-order chi connectivity index (χ1) is 9.63. The van der Waals surface area contributed by atoms with Crippen LogP contribution >= 0.6 is 0 Å². The van der Waals surface area contributed by atoms with Crippen molar-refractivity contribution in [3.8, 4) is 0 Å². The Morgan fingerprint density at radius 2 is 1.85 bits per heavy atom. The second-order valence-electron chi connectivity index (χ2n) is 4.46. The normalized spacial score (nSPS) is 9.60. The molecule has 0 aliphatic heterocycles. The van der Waals surface area contributed by atoms with E-state index in [-0.39, 0.29) is 5.97 Å². The van der Waals surface area contributed by atoms with Gasteiger partial charge in [-0.15, -0.1) is 0 Å². The van der Waals surface area contributed by atoms with Crippen LogP contribution in [0.25, 0.3) is 0 Å². The number of esters is 1. The van der Waals surface area contributed by atoms with E-state index in [4.69, 9.17) is 4.74 Å². The number of carbonyl (C=O) groups excluding carboxylic acids is 2. The van der Waals surface area contributed by atoms with Crippen LogP contribution in [0.1, 0.15) is 32.3 Å². The molecule has 0 atom stereocenters. The van der Waals surface area contributed by atoms with Crippen LogP contribution in [-0.4, -0.2) is 37.3 Å². The zero-order valence-corrected chi connectivity index (χ0v) is 12.7. The standard InChI is InChI=1S/C13H19NO2.C3H6O/c1-3-9-14(2)10-13(15)16-11-12-7-5-4-6-8-12;1-2-3-4/h4-8H,3,9-11H2,1-2H3;3H,2H2,1H3. The molecule has 0 bridgehead atoms. The van der Waals surface area contributed by atoms with Crippen LogP contribution in [0.5, 0.6) is 0 Å². The van der Waals surface area contributed by atoms with Crippen molar-refractivity contribution in [3.05, 3.63) is 35.9 Å². The minimum Gasteiger partial charge on any atom is -0.460 e. The van der Waals surface area contributed by atoms with Gasteiger partial charge in [0.25, 0.3) is 0 Å². The van der Waals surface area contributed by atoms with Gasteiger partial charge < -0.3 is 9.53 Å².